The van der Waals surface area contributed by atoms with Crippen molar-refractivity contribution < 1.29 is 9.84 Å². The SMILES string of the molecule is Nc1cc(COc2cccc(O)c2)ccn1. The van der Waals surface area contributed by atoms with Crippen LogP contribution in [0, 0.1) is 0 Å². The molecule has 0 atom stereocenters. The molecule has 0 bridgehead atoms. The zero-order valence-corrected chi connectivity index (χ0v) is 8.63. The Balaban J connectivity index is 2.02. The Morgan fingerprint density at radius 3 is 2.88 bits per heavy atom. The molecule has 0 spiro atoms. The molecular weight excluding hydrogens is 204 g/mol. The minimum absolute atomic E-state index is 0.187. The van der Waals surface area contributed by atoms with Crippen LogP contribution in [0.2, 0.25) is 0 Å². The molecule has 0 saturated heterocycles. The smallest absolute Gasteiger partial charge is 0.123 e. The first-order chi connectivity index (χ1) is 7.74. The molecule has 0 aliphatic carbocycles. The molecule has 3 N–H and O–H groups in total. The van der Waals surface area contributed by atoms with Crippen molar-refractivity contribution in [2.45, 2.75) is 6.61 Å². The quantitative estimate of drug-likeness (QED) is 0.822. The van der Waals surface area contributed by atoms with Crippen LogP contribution in [-0.2, 0) is 6.61 Å². The van der Waals surface area contributed by atoms with Crippen molar-refractivity contribution >= 4 is 5.82 Å². The predicted octanol–water partition coefficient (Wildman–Crippen LogP) is 1.95. The number of hydrogen-bond donors (Lipinski definition) is 2. The van der Waals surface area contributed by atoms with Crippen molar-refractivity contribution in [3.8, 4) is 11.5 Å². The lowest BCUT2D eigenvalue weighted by molar-refractivity contribution is 0.304. The average Bonchev–Trinajstić information content (AvgIpc) is 2.27. The third kappa shape index (κ3) is 2.63. The minimum Gasteiger partial charge on any atom is -0.508 e. The van der Waals surface area contributed by atoms with Gasteiger partial charge in [-0.1, -0.05) is 6.07 Å². The normalized spacial score (nSPS) is 10.0. The maximum Gasteiger partial charge on any atom is 0.123 e. The van der Waals surface area contributed by atoms with Gasteiger partial charge in [-0.05, 0) is 29.8 Å². The maximum atomic E-state index is 9.24. The van der Waals surface area contributed by atoms with E-state index < -0.39 is 0 Å². The monoisotopic (exact) mass is 216 g/mol. The summed E-state index contributed by atoms with van der Waals surface area (Å²) < 4.78 is 5.48. The van der Waals surface area contributed by atoms with Crippen molar-refractivity contribution in [3.05, 3.63) is 48.2 Å². The van der Waals surface area contributed by atoms with E-state index in [4.69, 9.17) is 10.5 Å². The number of aromatic nitrogens is 1. The molecule has 0 radical (unpaired) electrons. The summed E-state index contributed by atoms with van der Waals surface area (Å²) in [7, 11) is 0. The summed E-state index contributed by atoms with van der Waals surface area (Å²) >= 11 is 0. The van der Waals surface area contributed by atoms with Crippen LogP contribution in [0.3, 0.4) is 0 Å². The largest absolute Gasteiger partial charge is 0.508 e. The summed E-state index contributed by atoms with van der Waals surface area (Å²) in [5.41, 5.74) is 6.49. The van der Waals surface area contributed by atoms with E-state index in [1.165, 1.54) is 0 Å². The van der Waals surface area contributed by atoms with Crippen molar-refractivity contribution in [2.75, 3.05) is 5.73 Å². The molecule has 4 nitrogen and oxygen atoms in total. The molecule has 16 heavy (non-hydrogen) atoms. The Kier molecular flexibility index (Phi) is 2.91. The molecule has 1 aromatic carbocycles. The van der Waals surface area contributed by atoms with E-state index in [0.717, 1.165) is 5.56 Å². The first-order valence-electron chi connectivity index (χ1n) is 4.86. The third-order valence-electron chi connectivity index (χ3n) is 2.07. The van der Waals surface area contributed by atoms with Gasteiger partial charge in [-0.15, -0.1) is 0 Å². The van der Waals surface area contributed by atoms with Gasteiger partial charge in [-0.25, -0.2) is 4.98 Å². The molecule has 4 heteroatoms. The molecule has 0 aliphatic rings. The van der Waals surface area contributed by atoms with Gasteiger partial charge in [0.25, 0.3) is 0 Å². The van der Waals surface area contributed by atoms with Gasteiger partial charge in [0.05, 0.1) is 0 Å². The number of ether oxygens (including phenoxy) is 1. The second kappa shape index (κ2) is 4.53. The van der Waals surface area contributed by atoms with E-state index in [9.17, 15) is 5.11 Å². The van der Waals surface area contributed by atoms with E-state index in [-0.39, 0.29) is 5.75 Å². The highest BCUT2D eigenvalue weighted by molar-refractivity contribution is 5.33. The summed E-state index contributed by atoms with van der Waals surface area (Å²) in [6, 6.07) is 10.2. The summed E-state index contributed by atoms with van der Waals surface area (Å²) in [6.45, 7) is 0.399. The molecule has 2 aromatic rings. The van der Waals surface area contributed by atoms with E-state index in [0.29, 0.717) is 18.2 Å². The van der Waals surface area contributed by atoms with Gasteiger partial charge in [-0.3, -0.25) is 0 Å². The number of nitrogen functional groups attached to an aromatic ring is 1. The van der Waals surface area contributed by atoms with Crippen LogP contribution in [0.1, 0.15) is 5.56 Å². The number of phenols is 1. The Labute approximate surface area is 93.3 Å². The number of aromatic hydroxyl groups is 1. The topological polar surface area (TPSA) is 68.4 Å². The van der Waals surface area contributed by atoms with Crippen LogP contribution in [0.25, 0.3) is 0 Å². The van der Waals surface area contributed by atoms with Crippen molar-refractivity contribution in [1.29, 1.82) is 0 Å². The summed E-state index contributed by atoms with van der Waals surface area (Å²) in [6.07, 6.45) is 1.64. The van der Waals surface area contributed by atoms with Crippen molar-refractivity contribution in [3.63, 3.8) is 0 Å². The number of anilines is 1. The van der Waals surface area contributed by atoms with Gasteiger partial charge in [0, 0.05) is 12.3 Å². The van der Waals surface area contributed by atoms with Gasteiger partial charge in [0.2, 0.25) is 0 Å². The standard InChI is InChI=1S/C12H12N2O2/c13-12-6-9(4-5-14-12)8-16-11-3-1-2-10(15)7-11/h1-7,15H,8H2,(H2,13,14). The molecule has 0 saturated carbocycles. The summed E-state index contributed by atoms with van der Waals surface area (Å²) in [5.74, 6) is 1.28. The van der Waals surface area contributed by atoms with Crippen molar-refractivity contribution in [2.24, 2.45) is 0 Å². The van der Waals surface area contributed by atoms with Crippen LogP contribution in [-0.4, -0.2) is 10.1 Å². The summed E-state index contributed by atoms with van der Waals surface area (Å²) in [5, 5.41) is 9.24. The van der Waals surface area contributed by atoms with Gasteiger partial charge >= 0.3 is 0 Å². The molecule has 0 fully saturated rings. The van der Waals surface area contributed by atoms with Crippen LogP contribution < -0.4 is 10.5 Å². The molecule has 2 rings (SSSR count). The summed E-state index contributed by atoms with van der Waals surface area (Å²) in [4.78, 5) is 3.89. The molecule has 1 heterocycles. The Hall–Kier alpha value is -2.23. The number of benzene rings is 1. The van der Waals surface area contributed by atoms with E-state index in [1.807, 2.05) is 6.07 Å². The van der Waals surface area contributed by atoms with Gasteiger partial charge in [0.1, 0.15) is 23.9 Å². The molecule has 0 amide bonds. The number of phenolic OH excluding ortho intramolecular Hbond substituents is 1. The van der Waals surface area contributed by atoms with Gasteiger partial charge in [0.15, 0.2) is 0 Å². The van der Waals surface area contributed by atoms with Crippen LogP contribution >= 0.6 is 0 Å². The lowest BCUT2D eigenvalue weighted by Gasteiger charge is -2.06. The fourth-order valence-corrected chi connectivity index (χ4v) is 1.32. The first-order valence-corrected chi connectivity index (χ1v) is 4.86. The van der Waals surface area contributed by atoms with E-state index in [2.05, 4.69) is 4.98 Å². The number of nitrogens with zero attached hydrogens (tertiary/aromatic N) is 1. The van der Waals surface area contributed by atoms with Gasteiger partial charge < -0.3 is 15.6 Å². The van der Waals surface area contributed by atoms with Gasteiger partial charge in [-0.2, -0.15) is 0 Å². The highest BCUT2D eigenvalue weighted by Crippen LogP contribution is 2.18. The van der Waals surface area contributed by atoms with Crippen molar-refractivity contribution in [1.82, 2.24) is 4.98 Å². The second-order valence-corrected chi connectivity index (χ2v) is 3.37. The minimum atomic E-state index is 0.187. The van der Waals surface area contributed by atoms with Crippen LogP contribution in [0.5, 0.6) is 11.5 Å². The van der Waals surface area contributed by atoms with Crippen LogP contribution in [0.4, 0.5) is 5.82 Å². The molecule has 82 valence electrons. The molecule has 0 unspecified atom stereocenters. The Morgan fingerprint density at radius 2 is 2.12 bits per heavy atom. The number of hydrogen-bond acceptors (Lipinski definition) is 4. The lowest BCUT2D eigenvalue weighted by atomic mass is 10.3. The fourth-order valence-electron chi connectivity index (χ4n) is 1.32. The molecule has 1 aromatic heterocycles. The number of pyridine rings is 1. The third-order valence-corrected chi connectivity index (χ3v) is 2.07. The number of rotatable bonds is 3. The van der Waals surface area contributed by atoms with E-state index in [1.54, 1.807) is 36.5 Å². The fraction of sp³-hybridized carbons (Fsp3) is 0.0833. The Morgan fingerprint density at radius 1 is 1.25 bits per heavy atom. The zero-order chi connectivity index (χ0) is 11.4. The van der Waals surface area contributed by atoms with E-state index >= 15 is 0 Å². The zero-order valence-electron chi connectivity index (χ0n) is 8.63. The van der Waals surface area contributed by atoms with Crippen LogP contribution in [0.15, 0.2) is 42.6 Å². The molecular formula is C12H12N2O2. The average molecular weight is 216 g/mol. The number of nitrogens with two attached hydrogens (primary N) is 1. The lowest BCUT2D eigenvalue weighted by Crippen LogP contribution is -1.97. The predicted molar refractivity (Wildman–Crippen MR) is 61.1 cm³/mol. The molecule has 0 aliphatic heterocycles. The highest BCUT2D eigenvalue weighted by Gasteiger charge is 1.98. The maximum absolute atomic E-state index is 9.24. The Bertz CT molecular complexity index is 440. The highest BCUT2D eigenvalue weighted by atomic mass is 16.5. The second-order valence-electron chi connectivity index (χ2n) is 3.37. The first kappa shape index (κ1) is 10.3.